The number of nitrogens with two attached hydrogens (primary N) is 1. The average Bonchev–Trinajstić information content (AvgIpc) is 2.78. The highest BCUT2D eigenvalue weighted by Gasteiger charge is 2.05. The van der Waals surface area contributed by atoms with Crippen molar-refractivity contribution in [3.05, 3.63) is 42.2 Å². The van der Waals surface area contributed by atoms with Crippen molar-refractivity contribution in [2.45, 2.75) is 19.8 Å². The zero-order valence-corrected chi connectivity index (χ0v) is 10.4. The highest BCUT2D eigenvalue weighted by Crippen LogP contribution is 2.11. The van der Waals surface area contributed by atoms with Gasteiger partial charge in [0, 0.05) is 18.8 Å². The molecule has 2 N–H and O–H groups in total. The molecule has 2 heterocycles. The fraction of sp³-hybridized carbons (Fsp3) is 0.250. The number of pyridine rings is 1. The van der Waals surface area contributed by atoms with E-state index in [2.05, 4.69) is 16.9 Å². The van der Waals surface area contributed by atoms with E-state index in [0.29, 0.717) is 10.7 Å². The highest BCUT2D eigenvalue weighted by atomic mass is 32.1. The molecule has 0 saturated heterocycles. The van der Waals surface area contributed by atoms with Gasteiger partial charge in [0.15, 0.2) is 0 Å². The van der Waals surface area contributed by atoms with Crippen LogP contribution >= 0.6 is 12.2 Å². The van der Waals surface area contributed by atoms with E-state index in [1.807, 2.05) is 22.9 Å². The second-order valence-corrected chi connectivity index (χ2v) is 4.17. The molecule has 0 spiro atoms. The van der Waals surface area contributed by atoms with Gasteiger partial charge in [0.1, 0.15) is 10.8 Å². The van der Waals surface area contributed by atoms with Gasteiger partial charge in [-0.2, -0.15) is 0 Å². The maximum Gasteiger partial charge on any atom is 0.122 e. The summed E-state index contributed by atoms with van der Waals surface area (Å²) in [6.45, 7) is 2.13. The lowest BCUT2D eigenvalue weighted by Gasteiger charge is -2.07. The lowest BCUT2D eigenvalue weighted by Crippen LogP contribution is -2.11. The number of nitrogens with zero attached hydrogens (tertiary/aromatic N) is 3. The molecule has 0 aromatic carbocycles. The number of hydrogen-bond acceptors (Lipinski definition) is 3. The summed E-state index contributed by atoms with van der Waals surface area (Å²) in [6.07, 6.45) is 7.50. The average molecular weight is 246 g/mol. The predicted octanol–water partition coefficient (Wildman–Crippen LogP) is 1.85. The molecule has 0 fully saturated rings. The molecular weight excluding hydrogens is 232 g/mol. The van der Waals surface area contributed by atoms with Gasteiger partial charge >= 0.3 is 0 Å². The van der Waals surface area contributed by atoms with E-state index in [0.717, 1.165) is 24.4 Å². The summed E-state index contributed by atoms with van der Waals surface area (Å²) in [6, 6.07) is 3.77. The maximum absolute atomic E-state index is 5.51. The first kappa shape index (κ1) is 11.7. The number of rotatable bonds is 4. The van der Waals surface area contributed by atoms with Crippen LogP contribution in [0.1, 0.15) is 24.9 Å². The van der Waals surface area contributed by atoms with Gasteiger partial charge < -0.3 is 10.3 Å². The number of aryl methyl sites for hydroxylation is 1. The molecule has 2 rings (SSSR count). The maximum atomic E-state index is 5.51. The van der Waals surface area contributed by atoms with Crippen LogP contribution in [0.15, 0.2) is 30.7 Å². The Kier molecular flexibility index (Phi) is 3.49. The molecule has 0 aliphatic heterocycles. The molecular formula is C12H14N4S. The van der Waals surface area contributed by atoms with Crippen molar-refractivity contribution in [1.29, 1.82) is 0 Å². The fourth-order valence-electron chi connectivity index (χ4n) is 1.65. The predicted molar refractivity (Wildman–Crippen MR) is 71.2 cm³/mol. The standard InChI is InChI=1S/C12H14N4S/c1-2-3-11-14-6-7-16(11)9-4-5-10(12(13)17)15-8-9/h4-8H,2-3H2,1H3,(H2,13,17). The Labute approximate surface area is 106 Å². The van der Waals surface area contributed by atoms with Gasteiger partial charge in [-0.15, -0.1) is 0 Å². The molecule has 0 bridgehead atoms. The number of aromatic nitrogens is 3. The van der Waals surface area contributed by atoms with Crippen molar-refractivity contribution in [3.8, 4) is 5.69 Å². The Balaban J connectivity index is 2.33. The van der Waals surface area contributed by atoms with Gasteiger partial charge in [-0.25, -0.2) is 4.98 Å². The van der Waals surface area contributed by atoms with Gasteiger partial charge in [-0.05, 0) is 18.6 Å². The molecule has 0 radical (unpaired) electrons. The molecule has 0 atom stereocenters. The molecule has 4 nitrogen and oxygen atoms in total. The van der Waals surface area contributed by atoms with Gasteiger partial charge in [0.05, 0.1) is 17.6 Å². The third-order valence-corrected chi connectivity index (χ3v) is 2.68. The van der Waals surface area contributed by atoms with Crippen LogP contribution in [0.3, 0.4) is 0 Å². The minimum Gasteiger partial charge on any atom is -0.388 e. The Morgan fingerprint density at radius 1 is 1.41 bits per heavy atom. The van der Waals surface area contributed by atoms with Gasteiger partial charge in [0.2, 0.25) is 0 Å². The highest BCUT2D eigenvalue weighted by molar-refractivity contribution is 7.80. The van der Waals surface area contributed by atoms with Crippen molar-refractivity contribution in [3.63, 3.8) is 0 Å². The first-order valence-electron chi connectivity index (χ1n) is 5.51. The Morgan fingerprint density at radius 2 is 2.24 bits per heavy atom. The van der Waals surface area contributed by atoms with Gasteiger partial charge in [0.25, 0.3) is 0 Å². The SMILES string of the molecule is CCCc1nccn1-c1ccc(C(N)=S)nc1. The second-order valence-electron chi connectivity index (χ2n) is 3.73. The number of thiocarbonyl (C=S) groups is 1. The van der Waals surface area contributed by atoms with Crippen molar-refractivity contribution < 1.29 is 0 Å². The molecule has 2 aromatic rings. The molecule has 0 saturated carbocycles. The van der Waals surface area contributed by atoms with Crippen LogP contribution < -0.4 is 5.73 Å². The van der Waals surface area contributed by atoms with Crippen LogP contribution in [0.25, 0.3) is 5.69 Å². The fourth-order valence-corrected chi connectivity index (χ4v) is 1.77. The molecule has 5 heteroatoms. The normalized spacial score (nSPS) is 10.4. The van der Waals surface area contributed by atoms with E-state index in [-0.39, 0.29) is 0 Å². The third kappa shape index (κ3) is 2.50. The summed E-state index contributed by atoms with van der Waals surface area (Å²) < 4.78 is 2.03. The van der Waals surface area contributed by atoms with Crippen LogP contribution in [-0.4, -0.2) is 19.5 Å². The summed E-state index contributed by atoms with van der Waals surface area (Å²) in [5.41, 5.74) is 7.13. The quantitative estimate of drug-likeness (QED) is 0.837. The lowest BCUT2D eigenvalue weighted by molar-refractivity contribution is 0.807. The molecule has 88 valence electrons. The lowest BCUT2D eigenvalue weighted by atomic mass is 10.3. The summed E-state index contributed by atoms with van der Waals surface area (Å²) in [5, 5.41) is 0. The Morgan fingerprint density at radius 3 is 2.82 bits per heavy atom. The number of imidazole rings is 1. The van der Waals surface area contributed by atoms with Crippen molar-refractivity contribution in [2.24, 2.45) is 5.73 Å². The second kappa shape index (κ2) is 5.05. The van der Waals surface area contributed by atoms with E-state index in [1.165, 1.54) is 0 Å². The van der Waals surface area contributed by atoms with Crippen LogP contribution in [-0.2, 0) is 6.42 Å². The number of hydrogen-bond donors (Lipinski definition) is 1. The monoisotopic (exact) mass is 246 g/mol. The van der Waals surface area contributed by atoms with Gasteiger partial charge in [-0.3, -0.25) is 4.98 Å². The van der Waals surface area contributed by atoms with Crippen LogP contribution in [0, 0.1) is 0 Å². The third-order valence-electron chi connectivity index (χ3n) is 2.47. The minimum atomic E-state index is 0.316. The van der Waals surface area contributed by atoms with E-state index >= 15 is 0 Å². The molecule has 0 unspecified atom stereocenters. The molecule has 17 heavy (non-hydrogen) atoms. The summed E-state index contributed by atoms with van der Waals surface area (Å²) in [7, 11) is 0. The van der Waals surface area contributed by atoms with Gasteiger partial charge in [-0.1, -0.05) is 19.1 Å². The van der Waals surface area contributed by atoms with Crippen LogP contribution in [0.2, 0.25) is 0 Å². The summed E-state index contributed by atoms with van der Waals surface area (Å²) in [4.78, 5) is 8.86. The van der Waals surface area contributed by atoms with E-state index in [9.17, 15) is 0 Å². The smallest absolute Gasteiger partial charge is 0.122 e. The van der Waals surface area contributed by atoms with E-state index < -0.39 is 0 Å². The topological polar surface area (TPSA) is 56.7 Å². The minimum absolute atomic E-state index is 0.316. The van der Waals surface area contributed by atoms with Crippen LogP contribution in [0.5, 0.6) is 0 Å². The zero-order valence-electron chi connectivity index (χ0n) is 9.63. The molecule has 2 aromatic heterocycles. The molecule has 0 aliphatic carbocycles. The first-order valence-corrected chi connectivity index (χ1v) is 5.91. The van der Waals surface area contributed by atoms with E-state index in [4.69, 9.17) is 18.0 Å². The Bertz CT molecular complexity index is 516. The van der Waals surface area contributed by atoms with Crippen molar-refractivity contribution in [1.82, 2.24) is 14.5 Å². The zero-order chi connectivity index (χ0) is 12.3. The Hall–Kier alpha value is -1.75. The van der Waals surface area contributed by atoms with E-state index in [1.54, 1.807) is 12.4 Å². The molecule has 0 amide bonds. The summed E-state index contributed by atoms with van der Waals surface area (Å²) >= 11 is 4.87. The molecule has 0 aliphatic rings. The van der Waals surface area contributed by atoms with Crippen LogP contribution in [0.4, 0.5) is 0 Å². The van der Waals surface area contributed by atoms with Crippen molar-refractivity contribution in [2.75, 3.05) is 0 Å². The largest absolute Gasteiger partial charge is 0.388 e. The summed E-state index contributed by atoms with van der Waals surface area (Å²) in [5.74, 6) is 1.04. The van der Waals surface area contributed by atoms with Crippen molar-refractivity contribution >= 4 is 17.2 Å². The first-order chi connectivity index (χ1) is 8.22.